The molecule has 0 amide bonds. The molecule has 17 heavy (non-hydrogen) atoms. The lowest BCUT2D eigenvalue weighted by molar-refractivity contribution is 0.696. The molecule has 4 heteroatoms. The van der Waals surface area contributed by atoms with Crippen LogP contribution in [0.25, 0.3) is 0 Å². The molecule has 0 bridgehead atoms. The van der Waals surface area contributed by atoms with Gasteiger partial charge in [0.1, 0.15) is 6.07 Å². The van der Waals surface area contributed by atoms with Crippen molar-refractivity contribution in [1.29, 1.82) is 5.26 Å². The Labute approximate surface area is 105 Å². The zero-order valence-electron chi connectivity index (χ0n) is 9.60. The third-order valence-corrected chi connectivity index (χ3v) is 3.48. The smallest absolute Gasteiger partial charge is 0.100 e. The Morgan fingerprint density at radius 2 is 2.35 bits per heavy atom. The van der Waals surface area contributed by atoms with Gasteiger partial charge in [-0.15, -0.1) is 11.3 Å². The fourth-order valence-corrected chi connectivity index (χ4v) is 2.31. The standard InChI is InChI=1S/C13H13N3S/c1-10-2-3-15-6-12(10)7-16-8-13-4-11(5-14)9-17-13/h2-4,6,9,16H,7-8H2,1H3. The fourth-order valence-electron chi connectivity index (χ4n) is 1.53. The molecule has 3 nitrogen and oxygen atoms in total. The molecular weight excluding hydrogens is 230 g/mol. The summed E-state index contributed by atoms with van der Waals surface area (Å²) in [5, 5.41) is 14.0. The Balaban J connectivity index is 1.88. The third-order valence-electron chi connectivity index (χ3n) is 2.55. The second kappa shape index (κ2) is 5.58. The van der Waals surface area contributed by atoms with Gasteiger partial charge in [0.15, 0.2) is 0 Å². The fraction of sp³-hybridized carbons (Fsp3) is 0.231. The van der Waals surface area contributed by atoms with E-state index in [0.29, 0.717) is 0 Å². The summed E-state index contributed by atoms with van der Waals surface area (Å²) in [5.74, 6) is 0. The molecule has 2 rings (SSSR count). The molecule has 0 aromatic carbocycles. The summed E-state index contributed by atoms with van der Waals surface area (Å²) in [6.07, 6.45) is 3.69. The van der Waals surface area contributed by atoms with Crippen LogP contribution in [0, 0.1) is 18.3 Å². The van der Waals surface area contributed by atoms with E-state index < -0.39 is 0 Å². The monoisotopic (exact) mass is 243 g/mol. The molecule has 0 aliphatic carbocycles. The van der Waals surface area contributed by atoms with Crippen LogP contribution in [-0.4, -0.2) is 4.98 Å². The normalized spacial score (nSPS) is 10.1. The number of hydrogen-bond donors (Lipinski definition) is 1. The average molecular weight is 243 g/mol. The molecule has 0 aliphatic heterocycles. The zero-order chi connectivity index (χ0) is 12.1. The summed E-state index contributed by atoms with van der Waals surface area (Å²) >= 11 is 1.61. The van der Waals surface area contributed by atoms with Crippen molar-refractivity contribution in [3.8, 4) is 6.07 Å². The summed E-state index contributed by atoms with van der Waals surface area (Å²) in [5.41, 5.74) is 3.20. The number of nitriles is 1. The van der Waals surface area contributed by atoms with Crippen molar-refractivity contribution in [1.82, 2.24) is 10.3 Å². The SMILES string of the molecule is Cc1ccncc1CNCc1cc(C#N)cs1. The summed E-state index contributed by atoms with van der Waals surface area (Å²) in [4.78, 5) is 5.29. The number of rotatable bonds is 4. The van der Waals surface area contributed by atoms with Crippen molar-refractivity contribution >= 4 is 11.3 Å². The van der Waals surface area contributed by atoms with Crippen LogP contribution in [0.1, 0.15) is 21.6 Å². The first-order valence-electron chi connectivity index (χ1n) is 5.37. The number of nitrogens with zero attached hydrogens (tertiary/aromatic N) is 2. The Kier molecular flexibility index (Phi) is 3.86. The molecule has 0 saturated carbocycles. The van der Waals surface area contributed by atoms with Gasteiger partial charge in [0.2, 0.25) is 0 Å². The van der Waals surface area contributed by atoms with Gasteiger partial charge in [0.25, 0.3) is 0 Å². The van der Waals surface area contributed by atoms with Gasteiger partial charge in [0.05, 0.1) is 5.56 Å². The van der Waals surface area contributed by atoms with Crippen LogP contribution in [0.15, 0.2) is 29.9 Å². The number of pyridine rings is 1. The van der Waals surface area contributed by atoms with Gasteiger partial charge in [0, 0.05) is 35.7 Å². The Morgan fingerprint density at radius 1 is 1.47 bits per heavy atom. The second-order valence-electron chi connectivity index (χ2n) is 3.82. The Bertz CT molecular complexity index is 540. The highest BCUT2D eigenvalue weighted by molar-refractivity contribution is 7.10. The minimum atomic E-state index is 0.740. The van der Waals surface area contributed by atoms with E-state index in [1.165, 1.54) is 16.0 Å². The number of aryl methyl sites for hydroxylation is 1. The minimum absolute atomic E-state index is 0.740. The predicted octanol–water partition coefficient (Wildman–Crippen LogP) is 2.61. The van der Waals surface area contributed by atoms with Crippen LogP contribution in [0.2, 0.25) is 0 Å². The maximum absolute atomic E-state index is 8.72. The molecular formula is C13H13N3S. The topological polar surface area (TPSA) is 48.7 Å². The number of nitrogens with one attached hydrogen (secondary N) is 1. The summed E-state index contributed by atoms with van der Waals surface area (Å²) in [6, 6.07) is 6.07. The predicted molar refractivity (Wildman–Crippen MR) is 68.6 cm³/mol. The molecule has 0 atom stereocenters. The van der Waals surface area contributed by atoms with E-state index in [0.717, 1.165) is 18.7 Å². The molecule has 0 spiro atoms. The van der Waals surface area contributed by atoms with Crippen molar-refractivity contribution in [2.45, 2.75) is 20.0 Å². The third kappa shape index (κ3) is 3.13. The largest absolute Gasteiger partial charge is 0.308 e. The van der Waals surface area contributed by atoms with E-state index in [4.69, 9.17) is 5.26 Å². The number of thiophene rings is 1. The van der Waals surface area contributed by atoms with E-state index in [1.807, 2.05) is 23.7 Å². The molecule has 86 valence electrons. The highest BCUT2D eigenvalue weighted by Crippen LogP contribution is 2.13. The molecule has 0 aliphatic rings. The van der Waals surface area contributed by atoms with E-state index in [9.17, 15) is 0 Å². The zero-order valence-corrected chi connectivity index (χ0v) is 10.4. The number of hydrogen-bond acceptors (Lipinski definition) is 4. The van der Waals surface area contributed by atoms with Gasteiger partial charge < -0.3 is 5.32 Å². The molecule has 2 aromatic heterocycles. The van der Waals surface area contributed by atoms with Crippen LogP contribution in [0.3, 0.4) is 0 Å². The first-order chi connectivity index (χ1) is 8.29. The van der Waals surface area contributed by atoms with Gasteiger partial charge in [-0.05, 0) is 30.2 Å². The average Bonchev–Trinajstić information content (AvgIpc) is 2.80. The summed E-state index contributed by atoms with van der Waals surface area (Å²) in [7, 11) is 0. The lowest BCUT2D eigenvalue weighted by atomic mass is 10.1. The Hall–Kier alpha value is -1.70. The second-order valence-corrected chi connectivity index (χ2v) is 4.81. The number of aromatic nitrogens is 1. The van der Waals surface area contributed by atoms with Gasteiger partial charge >= 0.3 is 0 Å². The van der Waals surface area contributed by atoms with Crippen LogP contribution in [-0.2, 0) is 13.1 Å². The van der Waals surface area contributed by atoms with Crippen molar-refractivity contribution in [2.24, 2.45) is 0 Å². The lowest BCUT2D eigenvalue weighted by Gasteiger charge is -2.05. The first-order valence-corrected chi connectivity index (χ1v) is 6.25. The molecule has 0 saturated heterocycles. The summed E-state index contributed by atoms with van der Waals surface area (Å²) in [6.45, 7) is 3.68. The minimum Gasteiger partial charge on any atom is -0.308 e. The Morgan fingerprint density at radius 3 is 3.06 bits per heavy atom. The maximum Gasteiger partial charge on any atom is 0.100 e. The highest BCUT2D eigenvalue weighted by atomic mass is 32.1. The van der Waals surface area contributed by atoms with Crippen molar-refractivity contribution < 1.29 is 0 Å². The van der Waals surface area contributed by atoms with Gasteiger partial charge in [-0.1, -0.05) is 0 Å². The van der Waals surface area contributed by atoms with E-state index in [-0.39, 0.29) is 0 Å². The van der Waals surface area contributed by atoms with Crippen LogP contribution in [0.4, 0.5) is 0 Å². The van der Waals surface area contributed by atoms with Crippen molar-refractivity contribution in [3.63, 3.8) is 0 Å². The van der Waals surface area contributed by atoms with Gasteiger partial charge in [-0.25, -0.2) is 0 Å². The molecule has 0 unspecified atom stereocenters. The molecule has 2 aromatic rings. The first kappa shape index (κ1) is 11.8. The maximum atomic E-state index is 8.72. The van der Waals surface area contributed by atoms with Crippen LogP contribution >= 0.6 is 11.3 Å². The summed E-state index contributed by atoms with van der Waals surface area (Å²) < 4.78 is 0. The van der Waals surface area contributed by atoms with Gasteiger partial charge in [-0.2, -0.15) is 5.26 Å². The van der Waals surface area contributed by atoms with Gasteiger partial charge in [-0.3, -0.25) is 4.98 Å². The molecule has 1 N–H and O–H groups in total. The molecule has 0 fully saturated rings. The van der Waals surface area contributed by atoms with Crippen LogP contribution in [0.5, 0.6) is 0 Å². The van der Waals surface area contributed by atoms with E-state index in [2.05, 4.69) is 23.3 Å². The molecule has 0 radical (unpaired) electrons. The van der Waals surface area contributed by atoms with Crippen molar-refractivity contribution in [2.75, 3.05) is 0 Å². The van der Waals surface area contributed by atoms with Crippen molar-refractivity contribution in [3.05, 3.63) is 51.5 Å². The lowest BCUT2D eigenvalue weighted by Crippen LogP contribution is -2.12. The molecule has 2 heterocycles. The van der Waals surface area contributed by atoms with Crippen LogP contribution < -0.4 is 5.32 Å². The quantitative estimate of drug-likeness (QED) is 0.898. The highest BCUT2D eigenvalue weighted by Gasteiger charge is 2.00. The van der Waals surface area contributed by atoms with E-state index >= 15 is 0 Å². The van der Waals surface area contributed by atoms with E-state index in [1.54, 1.807) is 17.5 Å².